The Morgan fingerprint density at radius 3 is 2.82 bits per heavy atom. The fourth-order valence-electron chi connectivity index (χ4n) is 1.70. The summed E-state index contributed by atoms with van der Waals surface area (Å²) in [6.07, 6.45) is 3.12. The molecular weight excluding hydrogens is 399 g/mol. The number of hydrogen-bond acceptors (Lipinski definition) is 3. The minimum absolute atomic E-state index is 0.121. The normalized spacial score (nSPS) is 20.1. The molecule has 1 aliphatic heterocycles. The highest BCUT2D eigenvalue weighted by atomic mass is 127. The van der Waals surface area contributed by atoms with Gasteiger partial charge in [-0.1, -0.05) is 0 Å². The van der Waals surface area contributed by atoms with E-state index in [1.165, 1.54) is 0 Å². The summed E-state index contributed by atoms with van der Waals surface area (Å²) in [5.74, 6) is 1.65. The molecule has 1 fully saturated rings. The van der Waals surface area contributed by atoms with E-state index in [-0.39, 0.29) is 6.29 Å². The van der Waals surface area contributed by atoms with E-state index in [1.54, 1.807) is 7.11 Å². The second-order valence-electron chi connectivity index (χ2n) is 3.83. The largest absolute Gasteiger partial charge is 0.496 e. The van der Waals surface area contributed by atoms with Crippen LogP contribution in [0.3, 0.4) is 0 Å². The molecule has 0 bridgehead atoms. The third-order valence-electron chi connectivity index (χ3n) is 2.60. The summed E-state index contributed by atoms with van der Waals surface area (Å²) >= 11 is 5.72. The predicted octanol–water partition coefficient (Wildman–Crippen LogP) is 3.97. The molecule has 5 heteroatoms. The highest BCUT2D eigenvalue weighted by Gasteiger charge is 2.17. The third-order valence-corrected chi connectivity index (χ3v) is 4.07. The maximum atomic E-state index is 5.84. The Morgan fingerprint density at radius 2 is 2.18 bits per heavy atom. The van der Waals surface area contributed by atoms with Crippen molar-refractivity contribution in [2.75, 3.05) is 13.7 Å². The lowest BCUT2D eigenvalue weighted by Crippen LogP contribution is -2.25. The van der Waals surface area contributed by atoms with Crippen LogP contribution < -0.4 is 9.47 Å². The molecule has 94 valence electrons. The first kappa shape index (κ1) is 13.4. The van der Waals surface area contributed by atoms with E-state index in [4.69, 9.17) is 14.2 Å². The topological polar surface area (TPSA) is 27.7 Å². The Balaban J connectivity index is 2.12. The molecular formula is C12H14BrIO3. The van der Waals surface area contributed by atoms with E-state index in [0.717, 1.165) is 45.4 Å². The molecule has 2 rings (SSSR count). The van der Waals surface area contributed by atoms with Crippen LogP contribution in [0.15, 0.2) is 16.6 Å². The average molecular weight is 413 g/mol. The van der Waals surface area contributed by atoms with Gasteiger partial charge in [0.05, 0.1) is 21.8 Å². The Kier molecular flexibility index (Phi) is 4.93. The first-order valence-electron chi connectivity index (χ1n) is 5.52. The average Bonchev–Trinajstić information content (AvgIpc) is 2.34. The lowest BCUT2D eigenvalue weighted by atomic mass is 10.2. The summed E-state index contributed by atoms with van der Waals surface area (Å²) in [5.41, 5.74) is 0. The quantitative estimate of drug-likeness (QED) is 0.703. The minimum atomic E-state index is -0.121. The highest BCUT2D eigenvalue weighted by Crippen LogP contribution is 2.35. The van der Waals surface area contributed by atoms with Crippen LogP contribution in [0.2, 0.25) is 0 Å². The van der Waals surface area contributed by atoms with Crippen molar-refractivity contribution in [3.8, 4) is 11.5 Å². The number of halogens is 2. The van der Waals surface area contributed by atoms with Crippen molar-refractivity contribution in [3.63, 3.8) is 0 Å². The molecule has 0 aliphatic carbocycles. The van der Waals surface area contributed by atoms with E-state index in [1.807, 2.05) is 12.1 Å². The van der Waals surface area contributed by atoms with Gasteiger partial charge in [0.1, 0.15) is 11.5 Å². The van der Waals surface area contributed by atoms with Crippen molar-refractivity contribution >= 4 is 38.5 Å². The molecule has 17 heavy (non-hydrogen) atoms. The summed E-state index contributed by atoms with van der Waals surface area (Å²) in [6.45, 7) is 0.787. The predicted molar refractivity (Wildman–Crippen MR) is 77.6 cm³/mol. The van der Waals surface area contributed by atoms with E-state index in [9.17, 15) is 0 Å². The molecule has 0 amide bonds. The first-order chi connectivity index (χ1) is 8.20. The van der Waals surface area contributed by atoms with Crippen LogP contribution in [0.25, 0.3) is 0 Å². The Bertz CT molecular complexity index is 392. The maximum Gasteiger partial charge on any atom is 0.199 e. The molecule has 3 nitrogen and oxygen atoms in total. The Morgan fingerprint density at radius 1 is 1.35 bits per heavy atom. The van der Waals surface area contributed by atoms with E-state index < -0.39 is 0 Å². The van der Waals surface area contributed by atoms with Crippen LogP contribution in [-0.2, 0) is 4.74 Å². The van der Waals surface area contributed by atoms with Gasteiger partial charge < -0.3 is 14.2 Å². The van der Waals surface area contributed by atoms with Crippen LogP contribution in [0.1, 0.15) is 19.3 Å². The number of rotatable bonds is 3. The molecule has 1 aromatic carbocycles. The number of benzene rings is 1. The lowest BCUT2D eigenvalue weighted by molar-refractivity contribution is -0.106. The standard InChI is InChI=1S/C12H14BrIO3/c1-15-11-6-8(13)10(7-9(11)14)17-12-4-2-3-5-16-12/h6-7,12H,2-5H2,1H3. The van der Waals surface area contributed by atoms with Gasteiger partial charge in [0, 0.05) is 6.42 Å². The summed E-state index contributed by atoms with van der Waals surface area (Å²) in [4.78, 5) is 0. The van der Waals surface area contributed by atoms with Crippen molar-refractivity contribution in [2.24, 2.45) is 0 Å². The van der Waals surface area contributed by atoms with Gasteiger partial charge in [0.2, 0.25) is 0 Å². The summed E-state index contributed by atoms with van der Waals surface area (Å²) < 4.78 is 18.6. The number of hydrogen-bond donors (Lipinski definition) is 0. The van der Waals surface area contributed by atoms with Gasteiger partial charge in [-0.2, -0.15) is 0 Å². The zero-order valence-electron chi connectivity index (χ0n) is 9.54. The molecule has 1 saturated heterocycles. The van der Waals surface area contributed by atoms with Crippen LogP contribution in [0, 0.1) is 3.57 Å². The second-order valence-corrected chi connectivity index (χ2v) is 5.85. The van der Waals surface area contributed by atoms with Gasteiger partial charge in [-0.25, -0.2) is 0 Å². The molecule has 1 aromatic rings. The molecule has 1 aliphatic rings. The van der Waals surface area contributed by atoms with E-state index in [0.29, 0.717) is 0 Å². The second kappa shape index (κ2) is 6.24. The summed E-state index contributed by atoms with van der Waals surface area (Å²) in [7, 11) is 1.66. The fraction of sp³-hybridized carbons (Fsp3) is 0.500. The van der Waals surface area contributed by atoms with E-state index in [2.05, 4.69) is 38.5 Å². The van der Waals surface area contributed by atoms with Gasteiger partial charge in [-0.05, 0) is 63.5 Å². The number of ether oxygens (including phenoxy) is 3. The van der Waals surface area contributed by atoms with Crippen LogP contribution in [0.4, 0.5) is 0 Å². The van der Waals surface area contributed by atoms with Crippen molar-refractivity contribution in [1.82, 2.24) is 0 Å². The molecule has 0 saturated carbocycles. The van der Waals surface area contributed by atoms with Crippen molar-refractivity contribution < 1.29 is 14.2 Å². The van der Waals surface area contributed by atoms with Gasteiger partial charge in [0.25, 0.3) is 0 Å². The Hall–Kier alpha value is -0.0100. The SMILES string of the molecule is COc1cc(Br)c(OC2CCCCO2)cc1I. The molecule has 1 atom stereocenters. The fourth-order valence-corrected chi connectivity index (χ4v) is 2.78. The van der Waals surface area contributed by atoms with Gasteiger partial charge >= 0.3 is 0 Å². The molecule has 1 unspecified atom stereocenters. The van der Waals surface area contributed by atoms with Crippen LogP contribution >= 0.6 is 38.5 Å². The smallest absolute Gasteiger partial charge is 0.199 e. The van der Waals surface area contributed by atoms with Gasteiger partial charge in [0.15, 0.2) is 6.29 Å². The molecule has 0 N–H and O–H groups in total. The van der Waals surface area contributed by atoms with Gasteiger partial charge in [-0.3, -0.25) is 0 Å². The molecule has 0 aromatic heterocycles. The zero-order valence-corrected chi connectivity index (χ0v) is 13.3. The molecule has 0 radical (unpaired) electrons. The van der Waals surface area contributed by atoms with Crippen LogP contribution in [0.5, 0.6) is 11.5 Å². The van der Waals surface area contributed by atoms with Crippen LogP contribution in [-0.4, -0.2) is 20.0 Å². The molecule has 1 heterocycles. The summed E-state index contributed by atoms with van der Waals surface area (Å²) in [5, 5.41) is 0. The lowest BCUT2D eigenvalue weighted by Gasteiger charge is -2.24. The highest BCUT2D eigenvalue weighted by molar-refractivity contribution is 14.1. The van der Waals surface area contributed by atoms with Crippen molar-refractivity contribution in [2.45, 2.75) is 25.6 Å². The first-order valence-corrected chi connectivity index (χ1v) is 7.39. The number of methoxy groups -OCH3 is 1. The van der Waals surface area contributed by atoms with Crippen molar-refractivity contribution in [3.05, 3.63) is 20.2 Å². The monoisotopic (exact) mass is 412 g/mol. The summed E-state index contributed by atoms with van der Waals surface area (Å²) in [6, 6.07) is 3.88. The van der Waals surface area contributed by atoms with Crippen molar-refractivity contribution in [1.29, 1.82) is 0 Å². The van der Waals surface area contributed by atoms with Gasteiger partial charge in [-0.15, -0.1) is 0 Å². The third kappa shape index (κ3) is 3.48. The Labute approximate surface area is 123 Å². The minimum Gasteiger partial charge on any atom is -0.496 e. The maximum absolute atomic E-state index is 5.84. The zero-order chi connectivity index (χ0) is 12.3. The molecule has 0 spiro atoms. The van der Waals surface area contributed by atoms with E-state index >= 15 is 0 Å².